The molecule has 0 saturated carbocycles. The summed E-state index contributed by atoms with van der Waals surface area (Å²) in [5.74, 6) is 0.231. The number of nitrogens with one attached hydrogen (secondary N) is 1. The minimum absolute atomic E-state index is 0.113. The first-order valence-electron chi connectivity index (χ1n) is 6.11. The van der Waals surface area contributed by atoms with Crippen LogP contribution in [0.25, 0.3) is 0 Å². The van der Waals surface area contributed by atoms with Crippen LogP contribution >= 0.6 is 15.9 Å². The highest BCUT2D eigenvalue weighted by Crippen LogP contribution is 2.15. The Morgan fingerprint density at radius 1 is 1.47 bits per heavy atom. The maximum atomic E-state index is 11.8. The predicted octanol–water partition coefficient (Wildman–Crippen LogP) is 2.72. The highest BCUT2D eigenvalue weighted by atomic mass is 79.9. The van der Waals surface area contributed by atoms with Crippen LogP contribution in [0.5, 0.6) is 0 Å². The molecule has 0 atom stereocenters. The van der Waals surface area contributed by atoms with Gasteiger partial charge in [0, 0.05) is 18.7 Å². The average Bonchev–Trinajstić information content (AvgIpc) is 2.69. The third-order valence-corrected chi connectivity index (χ3v) is 3.56. The van der Waals surface area contributed by atoms with Crippen LogP contribution in [0.1, 0.15) is 39.3 Å². The van der Waals surface area contributed by atoms with E-state index in [2.05, 4.69) is 26.3 Å². The SMILES string of the molecule is CCC(CC)C(=O)NCc1nn(CC)cc1Br. The molecule has 96 valence electrons. The van der Waals surface area contributed by atoms with Gasteiger partial charge in [0.15, 0.2) is 0 Å². The highest BCUT2D eigenvalue weighted by molar-refractivity contribution is 9.10. The van der Waals surface area contributed by atoms with Gasteiger partial charge in [-0.2, -0.15) is 5.10 Å². The minimum Gasteiger partial charge on any atom is -0.350 e. The topological polar surface area (TPSA) is 46.9 Å². The number of hydrogen-bond donors (Lipinski definition) is 1. The number of amides is 1. The van der Waals surface area contributed by atoms with Crippen molar-refractivity contribution in [3.63, 3.8) is 0 Å². The van der Waals surface area contributed by atoms with Crippen molar-refractivity contribution in [1.29, 1.82) is 0 Å². The number of carbonyl (C=O) groups is 1. The van der Waals surface area contributed by atoms with Gasteiger partial charge in [0.25, 0.3) is 0 Å². The first kappa shape index (κ1) is 14.2. The van der Waals surface area contributed by atoms with Crippen molar-refractivity contribution in [2.24, 2.45) is 5.92 Å². The predicted molar refractivity (Wildman–Crippen MR) is 71.5 cm³/mol. The van der Waals surface area contributed by atoms with Crippen LogP contribution < -0.4 is 5.32 Å². The first-order chi connectivity index (χ1) is 8.12. The normalized spacial score (nSPS) is 10.9. The van der Waals surface area contributed by atoms with Gasteiger partial charge in [0.2, 0.25) is 5.91 Å². The van der Waals surface area contributed by atoms with Crippen molar-refractivity contribution in [2.75, 3.05) is 0 Å². The maximum Gasteiger partial charge on any atom is 0.223 e. The van der Waals surface area contributed by atoms with Crippen LogP contribution in [0.4, 0.5) is 0 Å². The van der Waals surface area contributed by atoms with Gasteiger partial charge in [0.05, 0.1) is 16.7 Å². The summed E-state index contributed by atoms with van der Waals surface area (Å²) in [6.07, 6.45) is 3.69. The highest BCUT2D eigenvalue weighted by Gasteiger charge is 2.14. The molecule has 1 aromatic heterocycles. The van der Waals surface area contributed by atoms with Crippen LogP contribution in [0.2, 0.25) is 0 Å². The molecule has 0 aliphatic rings. The molecule has 1 rings (SSSR count). The summed E-state index contributed by atoms with van der Waals surface area (Å²) in [4.78, 5) is 11.8. The number of halogens is 1. The largest absolute Gasteiger partial charge is 0.350 e. The molecule has 0 unspecified atom stereocenters. The molecule has 5 heteroatoms. The molecule has 17 heavy (non-hydrogen) atoms. The Bertz CT molecular complexity index is 372. The summed E-state index contributed by atoms with van der Waals surface area (Å²) in [6.45, 7) is 7.43. The third-order valence-electron chi connectivity index (χ3n) is 2.90. The Hall–Kier alpha value is -0.840. The van der Waals surface area contributed by atoms with Gasteiger partial charge in [0.1, 0.15) is 0 Å². The first-order valence-corrected chi connectivity index (χ1v) is 6.91. The van der Waals surface area contributed by atoms with E-state index in [-0.39, 0.29) is 11.8 Å². The van der Waals surface area contributed by atoms with Crippen LogP contribution in [0.3, 0.4) is 0 Å². The molecule has 0 spiro atoms. The molecule has 0 aliphatic heterocycles. The lowest BCUT2D eigenvalue weighted by Gasteiger charge is -2.11. The molecule has 1 heterocycles. The second-order valence-corrected chi connectivity index (χ2v) is 4.86. The van der Waals surface area contributed by atoms with Crippen LogP contribution in [0.15, 0.2) is 10.7 Å². The van der Waals surface area contributed by atoms with Crippen molar-refractivity contribution in [3.8, 4) is 0 Å². The second kappa shape index (κ2) is 6.79. The van der Waals surface area contributed by atoms with Gasteiger partial charge >= 0.3 is 0 Å². The number of hydrogen-bond acceptors (Lipinski definition) is 2. The van der Waals surface area contributed by atoms with Crippen LogP contribution in [-0.4, -0.2) is 15.7 Å². The van der Waals surface area contributed by atoms with E-state index in [1.165, 1.54) is 0 Å². The van der Waals surface area contributed by atoms with Gasteiger partial charge < -0.3 is 5.32 Å². The Morgan fingerprint density at radius 3 is 2.59 bits per heavy atom. The standard InChI is InChI=1S/C12H20BrN3O/c1-4-9(5-2)12(17)14-7-11-10(13)8-16(6-3)15-11/h8-9H,4-7H2,1-3H3,(H,14,17). The summed E-state index contributed by atoms with van der Waals surface area (Å²) in [5, 5.41) is 7.30. The van der Waals surface area contributed by atoms with Crippen LogP contribution in [-0.2, 0) is 17.9 Å². The molecule has 1 amide bonds. The lowest BCUT2D eigenvalue weighted by molar-refractivity contribution is -0.125. The fraction of sp³-hybridized carbons (Fsp3) is 0.667. The Labute approximate surface area is 111 Å². The number of aryl methyl sites for hydroxylation is 1. The quantitative estimate of drug-likeness (QED) is 0.878. The zero-order valence-corrected chi connectivity index (χ0v) is 12.2. The summed E-state index contributed by atoms with van der Waals surface area (Å²) >= 11 is 3.44. The zero-order valence-electron chi connectivity index (χ0n) is 10.7. The van der Waals surface area contributed by atoms with E-state index in [0.29, 0.717) is 6.54 Å². The summed E-state index contributed by atoms with van der Waals surface area (Å²) in [5.41, 5.74) is 0.881. The number of aromatic nitrogens is 2. The Kier molecular flexibility index (Phi) is 5.68. The zero-order chi connectivity index (χ0) is 12.8. The van der Waals surface area contributed by atoms with Gasteiger partial charge in [-0.15, -0.1) is 0 Å². The number of nitrogens with zero attached hydrogens (tertiary/aromatic N) is 2. The van der Waals surface area contributed by atoms with Gasteiger partial charge in [-0.3, -0.25) is 9.48 Å². The van der Waals surface area contributed by atoms with Gasteiger partial charge in [-0.25, -0.2) is 0 Å². The Morgan fingerprint density at radius 2 is 2.12 bits per heavy atom. The van der Waals surface area contributed by atoms with E-state index >= 15 is 0 Å². The van der Waals surface area contributed by atoms with E-state index in [0.717, 1.165) is 29.6 Å². The van der Waals surface area contributed by atoms with Crippen molar-refractivity contribution >= 4 is 21.8 Å². The van der Waals surface area contributed by atoms with Crippen molar-refractivity contribution in [3.05, 3.63) is 16.4 Å². The molecule has 0 fully saturated rings. The molecular formula is C12H20BrN3O. The number of rotatable bonds is 6. The molecule has 4 nitrogen and oxygen atoms in total. The average molecular weight is 302 g/mol. The minimum atomic E-state index is 0.113. The van der Waals surface area contributed by atoms with E-state index < -0.39 is 0 Å². The number of carbonyl (C=O) groups excluding carboxylic acids is 1. The lowest BCUT2D eigenvalue weighted by atomic mass is 10.0. The van der Waals surface area contributed by atoms with E-state index in [1.54, 1.807) is 0 Å². The summed E-state index contributed by atoms with van der Waals surface area (Å²) < 4.78 is 2.80. The van der Waals surface area contributed by atoms with E-state index in [9.17, 15) is 4.79 Å². The van der Waals surface area contributed by atoms with Crippen molar-refractivity contribution in [2.45, 2.75) is 46.7 Å². The van der Waals surface area contributed by atoms with Crippen molar-refractivity contribution in [1.82, 2.24) is 15.1 Å². The lowest BCUT2D eigenvalue weighted by Crippen LogP contribution is -2.29. The second-order valence-electron chi connectivity index (χ2n) is 4.01. The summed E-state index contributed by atoms with van der Waals surface area (Å²) in [7, 11) is 0. The molecule has 0 saturated heterocycles. The fourth-order valence-corrected chi connectivity index (χ4v) is 2.15. The third kappa shape index (κ3) is 3.84. The molecular weight excluding hydrogens is 282 g/mol. The fourth-order valence-electron chi connectivity index (χ4n) is 1.69. The smallest absolute Gasteiger partial charge is 0.223 e. The molecule has 0 radical (unpaired) electrons. The molecule has 0 bridgehead atoms. The van der Waals surface area contributed by atoms with Gasteiger partial charge in [-0.05, 0) is 35.7 Å². The van der Waals surface area contributed by atoms with Crippen LogP contribution in [0, 0.1) is 5.92 Å². The molecule has 1 N–H and O–H groups in total. The molecule has 0 aliphatic carbocycles. The Balaban J connectivity index is 2.55. The maximum absolute atomic E-state index is 11.8. The molecule has 1 aromatic rings. The van der Waals surface area contributed by atoms with E-state index in [1.807, 2.05) is 31.6 Å². The summed E-state index contributed by atoms with van der Waals surface area (Å²) in [6, 6.07) is 0. The monoisotopic (exact) mass is 301 g/mol. The van der Waals surface area contributed by atoms with E-state index in [4.69, 9.17) is 0 Å². The van der Waals surface area contributed by atoms with Crippen molar-refractivity contribution < 1.29 is 4.79 Å². The molecule has 0 aromatic carbocycles. The van der Waals surface area contributed by atoms with Gasteiger partial charge in [-0.1, -0.05) is 13.8 Å².